The van der Waals surface area contributed by atoms with Gasteiger partial charge in [0, 0.05) is 23.6 Å². The van der Waals surface area contributed by atoms with Gasteiger partial charge in [0.15, 0.2) is 0 Å². The average Bonchev–Trinajstić information content (AvgIpc) is 2.26. The van der Waals surface area contributed by atoms with Gasteiger partial charge in [0.1, 0.15) is 0 Å². The Labute approximate surface area is 112 Å². The van der Waals surface area contributed by atoms with E-state index in [9.17, 15) is 0 Å². The lowest BCUT2D eigenvalue weighted by molar-refractivity contribution is 0.247. The Morgan fingerprint density at radius 1 is 1.35 bits per heavy atom. The summed E-state index contributed by atoms with van der Waals surface area (Å²) in [6.45, 7) is 11.7. The lowest BCUT2D eigenvalue weighted by atomic mass is 9.96. The predicted molar refractivity (Wildman–Crippen MR) is 79.7 cm³/mol. The lowest BCUT2D eigenvalue weighted by Gasteiger charge is -2.37. The molecule has 0 aromatic rings. The molecule has 1 atom stereocenters. The van der Waals surface area contributed by atoms with Crippen LogP contribution < -0.4 is 5.73 Å². The molecular formula is C14H30N2S. The monoisotopic (exact) mass is 258 g/mol. The molecule has 1 heterocycles. The van der Waals surface area contributed by atoms with Gasteiger partial charge in [-0.1, -0.05) is 13.3 Å². The number of thioether (sulfide) groups is 1. The zero-order valence-corrected chi connectivity index (χ0v) is 12.7. The zero-order chi connectivity index (χ0) is 12.7. The standard InChI is InChI=1S/C14H30N2S/c1-4-13(7-8-15)6-5-9-16-10-11-17-14(2,3)12-16/h13H,4-12,15H2,1-3H3. The molecule has 2 nitrogen and oxygen atoms in total. The molecule has 1 saturated heterocycles. The van der Waals surface area contributed by atoms with E-state index >= 15 is 0 Å². The molecular weight excluding hydrogens is 228 g/mol. The second-order valence-electron chi connectivity index (χ2n) is 5.88. The summed E-state index contributed by atoms with van der Waals surface area (Å²) in [7, 11) is 0. The molecule has 17 heavy (non-hydrogen) atoms. The summed E-state index contributed by atoms with van der Waals surface area (Å²) in [4.78, 5) is 2.64. The van der Waals surface area contributed by atoms with Gasteiger partial charge in [0.25, 0.3) is 0 Å². The molecule has 1 fully saturated rings. The molecule has 1 rings (SSSR count). The highest BCUT2D eigenvalue weighted by atomic mass is 32.2. The van der Waals surface area contributed by atoms with Crippen molar-refractivity contribution in [3.05, 3.63) is 0 Å². The molecule has 0 aromatic heterocycles. The van der Waals surface area contributed by atoms with E-state index in [1.807, 2.05) is 0 Å². The fourth-order valence-corrected chi connectivity index (χ4v) is 3.87. The molecule has 0 radical (unpaired) electrons. The van der Waals surface area contributed by atoms with E-state index in [0.29, 0.717) is 4.75 Å². The third kappa shape index (κ3) is 6.12. The van der Waals surface area contributed by atoms with Crippen molar-refractivity contribution < 1.29 is 0 Å². The van der Waals surface area contributed by atoms with Gasteiger partial charge in [-0.25, -0.2) is 0 Å². The first-order valence-corrected chi connectivity index (χ1v) is 8.12. The summed E-state index contributed by atoms with van der Waals surface area (Å²) >= 11 is 2.12. The number of nitrogens with two attached hydrogens (primary N) is 1. The van der Waals surface area contributed by atoms with Crippen molar-refractivity contribution in [2.24, 2.45) is 11.7 Å². The minimum absolute atomic E-state index is 0.458. The molecule has 0 spiro atoms. The minimum Gasteiger partial charge on any atom is -0.330 e. The van der Waals surface area contributed by atoms with Crippen LogP contribution >= 0.6 is 11.8 Å². The Hall–Kier alpha value is 0.270. The van der Waals surface area contributed by atoms with Gasteiger partial charge < -0.3 is 10.6 Å². The van der Waals surface area contributed by atoms with Crippen LogP contribution in [0.1, 0.15) is 46.5 Å². The van der Waals surface area contributed by atoms with Crippen LogP contribution in [0.2, 0.25) is 0 Å². The van der Waals surface area contributed by atoms with Crippen molar-refractivity contribution in [3.63, 3.8) is 0 Å². The molecule has 102 valence electrons. The third-order valence-corrected chi connectivity index (χ3v) is 5.04. The SMILES string of the molecule is CCC(CCN)CCCN1CCSC(C)(C)C1. The fourth-order valence-electron chi connectivity index (χ4n) is 2.70. The maximum absolute atomic E-state index is 5.64. The Bertz CT molecular complexity index is 206. The third-order valence-electron chi connectivity index (χ3n) is 3.74. The minimum atomic E-state index is 0.458. The second-order valence-corrected chi connectivity index (χ2v) is 7.68. The molecule has 0 aromatic carbocycles. The number of hydrogen-bond acceptors (Lipinski definition) is 3. The van der Waals surface area contributed by atoms with Crippen LogP contribution in [0, 0.1) is 5.92 Å². The van der Waals surface area contributed by atoms with E-state index in [1.54, 1.807) is 0 Å². The Kier molecular flexibility index (Phi) is 6.90. The van der Waals surface area contributed by atoms with E-state index in [-0.39, 0.29) is 0 Å². The maximum Gasteiger partial charge on any atom is 0.0231 e. The summed E-state index contributed by atoms with van der Waals surface area (Å²) in [5, 5.41) is 0. The van der Waals surface area contributed by atoms with Crippen LogP contribution in [-0.2, 0) is 0 Å². The summed E-state index contributed by atoms with van der Waals surface area (Å²) in [6, 6.07) is 0. The van der Waals surface area contributed by atoms with Gasteiger partial charge >= 0.3 is 0 Å². The van der Waals surface area contributed by atoms with E-state index in [1.165, 1.54) is 51.1 Å². The maximum atomic E-state index is 5.64. The van der Waals surface area contributed by atoms with Crippen LogP contribution in [0.3, 0.4) is 0 Å². The average molecular weight is 258 g/mol. The highest BCUT2D eigenvalue weighted by molar-refractivity contribution is 8.00. The van der Waals surface area contributed by atoms with Crippen molar-refractivity contribution in [2.45, 2.75) is 51.2 Å². The summed E-state index contributed by atoms with van der Waals surface area (Å²) < 4.78 is 0.458. The van der Waals surface area contributed by atoms with Crippen LogP contribution in [-0.4, -0.2) is 41.6 Å². The van der Waals surface area contributed by atoms with Gasteiger partial charge in [-0.05, 0) is 52.1 Å². The summed E-state index contributed by atoms with van der Waals surface area (Å²) in [5.74, 6) is 2.15. The van der Waals surface area contributed by atoms with Crippen molar-refractivity contribution in [3.8, 4) is 0 Å². The predicted octanol–water partition coefficient (Wildman–Crippen LogP) is 2.97. The molecule has 0 saturated carbocycles. The Balaban J connectivity index is 2.17. The highest BCUT2D eigenvalue weighted by Crippen LogP contribution is 2.29. The largest absolute Gasteiger partial charge is 0.330 e. The first kappa shape index (κ1) is 15.3. The van der Waals surface area contributed by atoms with E-state index < -0.39 is 0 Å². The molecule has 0 bridgehead atoms. The van der Waals surface area contributed by atoms with Crippen molar-refractivity contribution in [1.29, 1.82) is 0 Å². The molecule has 0 amide bonds. The summed E-state index contributed by atoms with van der Waals surface area (Å²) in [6.07, 6.45) is 5.20. The van der Waals surface area contributed by atoms with Gasteiger partial charge in [-0.2, -0.15) is 11.8 Å². The molecule has 1 unspecified atom stereocenters. The zero-order valence-electron chi connectivity index (χ0n) is 11.9. The molecule has 3 heteroatoms. The first-order valence-electron chi connectivity index (χ1n) is 7.14. The van der Waals surface area contributed by atoms with Gasteiger partial charge in [0.2, 0.25) is 0 Å². The number of rotatable bonds is 7. The smallest absolute Gasteiger partial charge is 0.0231 e. The van der Waals surface area contributed by atoms with Crippen molar-refractivity contribution in [2.75, 3.05) is 31.9 Å². The number of hydrogen-bond donors (Lipinski definition) is 1. The normalized spacial score (nSPS) is 22.6. The van der Waals surface area contributed by atoms with Crippen LogP contribution in [0.4, 0.5) is 0 Å². The number of nitrogens with zero attached hydrogens (tertiary/aromatic N) is 1. The van der Waals surface area contributed by atoms with Gasteiger partial charge in [0.05, 0.1) is 0 Å². The van der Waals surface area contributed by atoms with Crippen LogP contribution in [0.15, 0.2) is 0 Å². The van der Waals surface area contributed by atoms with E-state index in [4.69, 9.17) is 5.73 Å². The second kappa shape index (κ2) is 7.65. The molecule has 1 aliphatic rings. The Morgan fingerprint density at radius 2 is 2.12 bits per heavy atom. The highest BCUT2D eigenvalue weighted by Gasteiger charge is 2.26. The first-order chi connectivity index (χ1) is 8.07. The summed E-state index contributed by atoms with van der Waals surface area (Å²) in [5.41, 5.74) is 5.64. The Morgan fingerprint density at radius 3 is 2.71 bits per heavy atom. The lowest BCUT2D eigenvalue weighted by Crippen LogP contribution is -2.43. The topological polar surface area (TPSA) is 29.3 Å². The molecule has 0 aliphatic carbocycles. The molecule has 2 N–H and O–H groups in total. The van der Waals surface area contributed by atoms with Gasteiger partial charge in [-0.15, -0.1) is 0 Å². The van der Waals surface area contributed by atoms with Gasteiger partial charge in [-0.3, -0.25) is 0 Å². The van der Waals surface area contributed by atoms with Crippen molar-refractivity contribution >= 4 is 11.8 Å². The van der Waals surface area contributed by atoms with E-state index in [0.717, 1.165) is 12.5 Å². The van der Waals surface area contributed by atoms with E-state index in [2.05, 4.69) is 37.4 Å². The van der Waals surface area contributed by atoms with Crippen LogP contribution in [0.5, 0.6) is 0 Å². The fraction of sp³-hybridized carbons (Fsp3) is 1.00. The molecule has 1 aliphatic heterocycles. The van der Waals surface area contributed by atoms with Crippen LogP contribution in [0.25, 0.3) is 0 Å². The van der Waals surface area contributed by atoms with Crippen molar-refractivity contribution in [1.82, 2.24) is 4.90 Å². The quantitative estimate of drug-likeness (QED) is 0.761.